The summed E-state index contributed by atoms with van der Waals surface area (Å²) in [4.78, 5) is 56.0. The lowest BCUT2D eigenvalue weighted by Crippen LogP contribution is -2.67. The van der Waals surface area contributed by atoms with Gasteiger partial charge in [0.05, 0.1) is 18.6 Å². The Morgan fingerprint density at radius 1 is 0.930 bits per heavy atom. The van der Waals surface area contributed by atoms with Gasteiger partial charge in [0.25, 0.3) is 5.91 Å². The van der Waals surface area contributed by atoms with E-state index >= 15 is 0 Å². The third-order valence-electron chi connectivity index (χ3n) is 7.74. The highest BCUT2D eigenvalue weighted by Crippen LogP contribution is 2.32. The summed E-state index contributed by atoms with van der Waals surface area (Å²) in [7, 11) is 0. The highest BCUT2D eigenvalue weighted by molar-refractivity contribution is 5.98. The Morgan fingerprint density at radius 2 is 1.49 bits per heavy atom. The zero-order valence-corrected chi connectivity index (χ0v) is 25.5. The predicted molar refractivity (Wildman–Crippen MR) is 163 cm³/mol. The second-order valence-corrected chi connectivity index (χ2v) is 12.2. The third kappa shape index (κ3) is 9.62. The maximum Gasteiger partial charge on any atom is 0.418 e. The number of primary amides is 1. The van der Waals surface area contributed by atoms with Gasteiger partial charge in [-0.25, -0.2) is 9.69 Å². The number of aryl methyl sites for hydroxylation is 1. The fraction of sp³-hybridized carbons (Fsp3) is 0.515. The molecule has 3 atom stereocenters. The van der Waals surface area contributed by atoms with Crippen molar-refractivity contribution in [3.63, 3.8) is 0 Å². The van der Waals surface area contributed by atoms with E-state index in [0.717, 1.165) is 29.7 Å². The number of aliphatic hydroxyl groups excluding tert-OH is 1. The smallest absolute Gasteiger partial charge is 0.418 e. The molecule has 4 amide bonds. The maximum atomic E-state index is 14.3. The molecule has 1 aliphatic rings. The number of carbonyl (C=O) groups is 4. The Morgan fingerprint density at radius 3 is 2.02 bits per heavy atom. The average Bonchev–Trinajstić information content (AvgIpc) is 2.98. The molecule has 0 saturated heterocycles. The van der Waals surface area contributed by atoms with E-state index in [4.69, 9.17) is 16.2 Å². The first-order valence-corrected chi connectivity index (χ1v) is 15.0. The zero-order chi connectivity index (χ0) is 31.6. The minimum Gasteiger partial charge on any atom is -0.444 e. The van der Waals surface area contributed by atoms with E-state index in [2.05, 4.69) is 0 Å². The van der Waals surface area contributed by atoms with Crippen molar-refractivity contribution in [3.8, 4) is 0 Å². The number of aliphatic hydroxyl groups is 1. The van der Waals surface area contributed by atoms with Crippen molar-refractivity contribution in [1.29, 1.82) is 0 Å². The van der Waals surface area contributed by atoms with Gasteiger partial charge in [-0.1, -0.05) is 79.9 Å². The van der Waals surface area contributed by atoms with Crippen molar-refractivity contribution >= 4 is 23.8 Å². The lowest BCUT2D eigenvalue weighted by Gasteiger charge is -2.48. The van der Waals surface area contributed by atoms with Crippen LogP contribution < -0.4 is 11.5 Å². The normalized spacial score (nSPS) is 16.0. The lowest BCUT2D eigenvalue weighted by atomic mass is 9.86. The monoisotopic (exact) mass is 594 g/mol. The van der Waals surface area contributed by atoms with Crippen LogP contribution in [0.25, 0.3) is 0 Å². The van der Waals surface area contributed by atoms with Gasteiger partial charge in [0.1, 0.15) is 12.8 Å². The van der Waals surface area contributed by atoms with Crippen molar-refractivity contribution in [2.75, 3.05) is 0 Å². The summed E-state index contributed by atoms with van der Waals surface area (Å²) >= 11 is 0. The van der Waals surface area contributed by atoms with Crippen molar-refractivity contribution in [2.45, 2.75) is 103 Å². The summed E-state index contributed by atoms with van der Waals surface area (Å²) in [5, 5.41) is 11.8. The van der Waals surface area contributed by atoms with E-state index in [1.807, 2.05) is 36.4 Å². The topological polar surface area (TPSA) is 156 Å². The number of hydrogen-bond donors (Lipinski definition) is 3. The number of imide groups is 1. The highest BCUT2D eigenvalue weighted by Gasteiger charge is 2.48. The molecule has 10 heteroatoms. The molecule has 0 aliphatic heterocycles. The number of nitrogens with two attached hydrogens (primary N) is 2. The summed E-state index contributed by atoms with van der Waals surface area (Å²) < 4.78 is 5.59. The zero-order valence-electron chi connectivity index (χ0n) is 25.5. The molecule has 0 heterocycles. The third-order valence-corrected chi connectivity index (χ3v) is 7.74. The molecular formula is C33H46N4O6. The quantitative estimate of drug-likeness (QED) is 0.315. The second-order valence-electron chi connectivity index (χ2n) is 12.2. The minimum absolute atomic E-state index is 0.125. The van der Waals surface area contributed by atoms with Crippen LogP contribution in [-0.4, -0.2) is 62.6 Å². The van der Waals surface area contributed by atoms with Gasteiger partial charge in [-0.3, -0.25) is 14.4 Å². The van der Waals surface area contributed by atoms with Crippen LogP contribution in [0.5, 0.6) is 0 Å². The van der Waals surface area contributed by atoms with Crippen LogP contribution in [-0.2, 0) is 32.1 Å². The Labute approximate surface area is 254 Å². The molecule has 3 rings (SSSR count). The molecule has 0 aromatic heterocycles. The fourth-order valence-corrected chi connectivity index (χ4v) is 5.57. The van der Waals surface area contributed by atoms with Gasteiger partial charge in [0.2, 0.25) is 11.8 Å². The van der Waals surface area contributed by atoms with Crippen molar-refractivity contribution in [1.82, 2.24) is 9.80 Å². The van der Waals surface area contributed by atoms with Gasteiger partial charge in [-0.05, 0) is 57.6 Å². The van der Waals surface area contributed by atoms with E-state index in [-0.39, 0.29) is 24.9 Å². The van der Waals surface area contributed by atoms with Crippen molar-refractivity contribution < 1.29 is 29.0 Å². The molecule has 1 fully saturated rings. The molecule has 0 bridgehead atoms. The summed E-state index contributed by atoms with van der Waals surface area (Å²) in [6, 6.07) is 16.9. The number of carbonyl (C=O) groups excluding carboxylic acids is 4. The van der Waals surface area contributed by atoms with Crippen LogP contribution in [0.1, 0.15) is 76.8 Å². The number of rotatable bonds is 12. The van der Waals surface area contributed by atoms with E-state index in [0.29, 0.717) is 24.8 Å². The lowest BCUT2D eigenvalue weighted by molar-refractivity contribution is -0.164. The Hall–Kier alpha value is -3.76. The van der Waals surface area contributed by atoms with Crippen LogP contribution >= 0.6 is 0 Å². The van der Waals surface area contributed by atoms with Crippen LogP contribution in [0, 0.1) is 5.92 Å². The molecule has 0 radical (unpaired) electrons. The van der Waals surface area contributed by atoms with Crippen molar-refractivity contribution in [2.24, 2.45) is 17.4 Å². The van der Waals surface area contributed by atoms with Gasteiger partial charge < -0.3 is 26.2 Å². The number of nitrogens with zero attached hydrogens (tertiary/aromatic N) is 2. The SMILES string of the molecule is CC(C)(C)N(C(=O)C1CCCCC1)[C@@H]([C@@H](O)CCc1ccccc1)N(C(=O)OCc1ccccc1)C(=O)[C@@H](N)CC(N)=O. The number of benzene rings is 2. The molecule has 43 heavy (non-hydrogen) atoms. The highest BCUT2D eigenvalue weighted by atomic mass is 16.6. The molecule has 234 valence electrons. The van der Waals surface area contributed by atoms with E-state index in [1.165, 1.54) is 4.90 Å². The predicted octanol–water partition coefficient (Wildman–Crippen LogP) is 3.88. The Bertz CT molecular complexity index is 1210. The molecule has 10 nitrogen and oxygen atoms in total. The first-order chi connectivity index (χ1) is 20.4. The van der Waals surface area contributed by atoms with E-state index < -0.39 is 48.2 Å². The van der Waals surface area contributed by atoms with Crippen LogP contribution in [0.3, 0.4) is 0 Å². The number of hydrogen-bond acceptors (Lipinski definition) is 7. The van der Waals surface area contributed by atoms with Gasteiger partial charge in [-0.2, -0.15) is 0 Å². The van der Waals surface area contributed by atoms with E-state index in [1.54, 1.807) is 45.0 Å². The number of amides is 4. The second kappa shape index (κ2) is 15.6. The molecule has 1 aliphatic carbocycles. The van der Waals surface area contributed by atoms with Crippen LogP contribution in [0.15, 0.2) is 60.7 Å². The molecule has 0 unspecified atom stereocenters. The molecule has 1 saturated carbocycles. The minimum atomic E-state index is -1.49. The number of ether oxygens (including phenoxy) is 1. The van der Waals surface area contributed by atoms with Gasteiger partial charge >= 0.3 is 6.09 Å². The molecule has 2 aromatic rings. The molecule has 5 N–H and O–H groups in total. The van der Waals surface area contributed by atoms with Crippen molar-refractivity contribution in [3.05, 3.63) is 71.8 Å². The fourth-order valence-electron chi connectivity index (χ4n) is 5.57. The van der Waals surface area contributed by atoms with Gasteiger partial charge in [0.15, 0.2) is 0 Å². The standard InChI is InChI=1S/C33H46N4O6/c1-33(2,3)37(30(40)25-17-11-6-12-18-25)29(27(38)20-19-23-13-7-4-8-14-23)36(31(41)26(34)21-28(35)39)32(42)43-22-24-15-9-5-10-16-24/h4-5,7-10,13-16,25-27,29,38H,6,11-12,17-22,34H2,1-3H3,(H2,35,39)/t26-,27-,29-/m0/s1. The summed E-state index contributed by atoms with van der Waals surface area (Å²) in [6.07, 6.45) is 0.278. The largest absolute Gasteiger partial charge is 0.444 e. The van der Waals surface area contributed by atoms with Gasteiger partial charge in [0, 0.05) is 11.5 Å². The Balaban J connectivity index is 2.08. The average molecular weight is 595 g/mol. The summed E-state index contributed by atoms with van der Waals surface area (Å²) in [5.41, 5.74) is 12.2. The summed E-state index contributed by atoms with van der Waals surface area (Å²) in [6.45, 7) is 5.23. The molecular weight excluding hydrogens is 548 g/mol. The Kier molecular flexibility index (Phi) is 12.3. The first-order valence-electron chi connectivity index (χ1n) is 15.0. The van der Waals surface area contributed by atoms with Gasteiger partial charge in [-0.15, -0.1) is 0 Å². The first kappa shape index (κ1) is 33.7. The maximum absolute atomic E-state index is 14.3. The van der Waals surface area contributed by atoms with Crippen LogP contribution in [0.4, 0.5) is 4.79 Å². The van der Waals surface area contributed by atoms with Crippen LogP contribution in [0.2, 0.25) is 0 Å². The van der Waals surface area contributed by atoms with E-state index in [9.17, 15) is 24.3 Å². The molecule has 2 aromatic carbocycles. The molecule has 0 spiro atoms. The summed E-state index contributed by atoms with van der Waals surface area (Å²) in [5.74, 6) is -2.38.